The Labute approximate surface area is 92.8 Å². The third kappa shape index (κ3) is 11.4. The maximum Gasteiger partial charge on any atom is 0.305 e. The summed E-state index contributed by atoms with van der Waals surface area (Å²) in [7, 11) is 0. The summed E-state index contributed by atoms with van der Waals surface area (Å²) in [5.41, 5.74) is 0. The van der Waals surface area contributed by atoms with Gasteiger partial charge in [-0.05, 0) is 12.8 Å². The molecule has 0 heterocycles. The number of unbranched alkanes of at least 4 members (excludes halogenated alkanes) is 6. The number of aliphatic hydroxyl groups is 1. The summed E-state index contributed by atoms with van der Waals surface area (Å²) in [6.45, 7) is 2.69. The third-order valence-corrected chi connectivity index (χ3v) is 2.35. The van der Waals surface area contributed by atoms with Crippen molar-refractivity contribution in [2.75, 3.05) is 13.2 Å². The van der Waals surface area contributed by atoms with Gasteiger partial charge < -0.3 is 9.84 Å². The number of esters is 1. The van der Waals surface area contributed by atoms with Gasteiger partial charge in [-0.1, -0.05) is 39.0 Å². The van der Waals surface area contributed by atoms with Gasteiger partial charge in [0.1, 0.15) is 0 Å². The number of hydrogen-bond acceptors (Lipinski definition) is 3. The van der Waals surface area contributed by atoms with Crippen LogP contribution in [-0.4, -0.2) is 24.3 Å². The van der Waals surface area contributed by atoms with Gasteiger partial charge in [-0.25, -0.2) is 0 Å². The van der Waals surface area contributed by atoms with Crippen molar-refractivity contribution in [2.45, 2.75) is 58.3 Å². The minimum absolute atomic E-state index is 0.0991. The van der Waals surface area contributed by atoms with Crippen molar-refractivity contribution in [3.05, 3.63) is 0 Å². The summed E-state index contributed by atoms with van der Waals surface area (Å²) in [6, 6.07) is 0. The first kappa shape index (κ1) is 14.4. The standard InChI is InChI=1S/C12H24O3/c1-2-12(14)15-11-9-7-5-3-4-6-8-10-13/h13H,2-11H2,1H3. The van der Waals surface area contributed by atoms with Gasteiger partial charge in [-0.15, -0.1) is 0 Å². The first-order valence-corrected chi connectivity index (χ1v) is 6.07. The van der Waals surface area contributed by atoms with Gasteiger partial charge >= 0.3 is 5.97 Å². The van der Waals surface area contributed by atoms with E-state index in [-0.39, 0.29) is 5.97 Å². The molecule has 15 heavy (non-hydrogen) atoms. The lowest BCUT2D eigenvalue weighted by Gasteiger charge is -2.03. The van der Waals surface area contributed by atoms with Gasteiger partial charge in [0.25, 0.3) is 0 Å². The van der Waals surface area contributed by atoms with E-state index in [2.05, 4.69) is 0 Å². The Hall–Kier alpha value is -0.570. The van der Waals surface area contributed by atoms with Crippen molar-refractivity contribution in [1.29, 1.82) is 0 Å². The molecular weight excluding hydrogens is 192 g/mol. The second-order valence-electron chi connectivity index (χ2n) is 3.77. The number of hydrogen-bond donors (Lipinski definition) is 1. The van der Waals surface area contributed by atoms with Crippen LogP contribution in [0.5, 0.6) is 0 Å². The Balaban J connectivity index is 2.95. The summed E-state index contributed by atoms with van der Waals surface area (Å²) in [5.74, 6) is -0.0991. The van der Waals surface area contributed by atoms with Gasteiger partial charge in [0.15, 0.2) is 0 Å². The molecule has 0 fully saturated rings. The average Bonchev–Trinajstić information content (AvgIpc) is 2.26. The van der Waals surface area contributed by atoms with Crippen LogP contribution in [0.1, 0.15) is 58.3 Å². The number of carbonyl (C=O) groups excluding carboxylic acids is 1. The van der Waals surface area contributed by atoms with Gasteiger partial charge in [0.05, 0.1) is 6.61 Å². The highest BCUT2D eigenvalue weighted by molar-refractivity contribution is 5.68. The monoisotopic (exact) mass is 216 g/mol. The number of aliphatic hydroxyl groups excluding tert-OH is 1. The fourth-order valence-corrected chi connectivity index (χ4v) is 1.39. The second-order valence-corrected chi connectivity index (χ2v) is 3.77. The van der Waals surface area contributed by atoms with E-state index in [1.807, 2.05) is 6.92 Å². The molecule has 0 aliphatic carbocycles. The molecule has 0 aromatic rings. The first-order valence-electron chi connectivity index (χ1n) is 6.07. The Bertz CT molecular complexity index is 146. The zero-order chi connectivity index (χ0) is 11.4. The van der Waals surface area contributed by atoms with E-state index in [1.165, 1.54) is 19.3 Å². The Morgan fingerprint density at radius 2 is 1.53 bits per heavy atom. The van der Waals surface area contributed by atoms with E-state index < -0.39 is 0 Å². The highest BCUT2D eigenvalue weighted by Crippen LogP contribution is 2.06. The lowest BCUT2D eigenvalue weighted by molar-refractivity contribution is -0.143. The Kier molecular flexibility index (Phi) is 11.1. The Morgan fingerprint density at radius 3 is 2.07 bits per heavy atom. The number of ether oxygens (including phenoxy) is 1. The van der Waals surface area contributed by atoms with Crippen molar-refractivity contribution >= 4 is 5.97 Å². The minimum atomic E-state index is -0.0991. The smallest absolute Gasteiger partial charge is 0.305 e. The molecule has 90 valence electrons. The summed E-state index contributed by atoms with van der Waals surface area (Å²) in [4.78, 5) is 10.8. The van der Waals surface area contributed by atoms with Crippen LogP contribution in [0.15, 0.2) is 0 Å². The van der Waals surface area contributed by atoms with Crippen molar-refractivity contribution in [3.63, 3.8) is 0 Å². The van der Waals surface area contributed by atoms with E-state index in [0.717, 1.165) is 25.7 Å². The maximum atomic E-state index is 10.8. The largest absolute Gasteiger partial charge is 0.466 e. The molecule has 3 nitrogen and oxygen atoms in total. The molecule has 0 rings (SSSR count). The predicted molar refractivity (Wildman–Crippen MR) is 60.7 cm³/mol. The second kappa shape index (κ2) is 11.5. The Morgan fingerprint density at radius 1 is 1.00 bits per heavy atom. The fraction of sp³-hybridized carbons (Fsp3) is 0.917. The molecule has 0 spiro atoms. The van der Waals surface area contributed by atoms with Crippen molar-refractivity contribution in [1.82, 2.24) is 0 Å². The number of carbonyl (C=O) groups is 1. The molecule has 0 saturated heterocycles. The van der Waals surface area contributed by atoms with Crippen LogP contribution in [0.3, 0.4) is 0 Å². The summed E-state index contributed by atoms with van der Waals surface area (Å²) >= 11 is 0. The SMILES string of the molecule is CCC(=O)OCCCCCCCCCO. The van der Waals surface area contributed by atoms with E-state index in [1.54, 1.807) is 0 Å². The molecule has 1 N–H and O–H groups in total. The number of rotatable bonds is 10. The molecule has 0 unspecified atom stereocenters. The van der Waals surface area contributed by atoms with E-state index in [0.29, 0.717) is 19.6 Å². The third-order valence-electron chi connectivity index (χ3n) is 2.35. The van der Waals surface area contributed by atoms with Gasteiger partial charge in [0.2, 0.25) is 0 Å². The quantitative estimate of drug-likeness (QED) is 0.451. The highest BCUT2D eigenvalue weighted by atomic mass is 16.5. The highest BCUT2D eigenvalue weighted by Gasteiger charge is 1.97. The van der Waals surface area contributed by atoms with Crippen LogP contribution in [0.25, 0.3) is 0 Å². The molecule has 0 aromatic carbocycles. The van der Waals surface area contributed by atoms with Crippen LogP contribution in [0.4, 0.5) is 0 Å². The maximum absolute atomic E-state index is 10.8. The van der Waals surface area contributed by atoms with E-state index in [9.17, 15) is 4.79 Å². The molecule has 0 aliphatic heterocycles. The predicted octanol–water partition coefficient (Wildman–Crippen LogP) is 2.66. The fourth-order valence-electron chi connectivity index (χ4n) is 1.39. The molecule has 0 saturated carbocycles. The molecule has 0 radical (unpaired) electrons. The molecule has 0 aromatic heterocycles. The van der Waals surface area contributed by atoms with Gasteiger partial charge in [-0.3, -0.25) is 4.79 Å². The molecule has 0 bridgehead atoms. The van der Waals surface area contributed by atoms with Gasteiger partial charge in [0, 0.05) is 13.0 Å². The minimum Gasteiger partial charge on any atom is -0.466 e. The van der Waals surface area contributed by atoms with Crippen LogP contribution in [0.2, 0.25) is 0 Å². The van der Waals surface area contributed by atoms with Crippen molar-refractivity contribution in [2.24, 2.45) is 0 Å². The molecule has 3 heteroatoms. The van der Waals surface area contributed by atoms with E-state index >= 15 is 0 Å². The van der Waals surface area contributed by atoms with Crippen LogP contribution < -0.4 is 0 Å². The molecular formula is C12H24O3. The average molecular weight is 216 g/mol. The van der Waals surface area contributed by atoms with Gasteiger partial charge in [-0.2, -0.15) is 0 Å². The summed E-state index contributed by atoms with van der Waals surface area (Å²) in [5, 5.41) is 8.57. The first-order chi connectivity index (χ1) is 7.31. The van der Waals surface area contributed by atoms with Crippen LogP contribution >= 0.6 is 0 Å². The summed E-state index contributed by atoms with van der Waals surface area (Å²) < 4.78 is 4.96. The molecule has 0 amide bonds. The topological polar surface area (TPSA) is 46.5 Å². The summed E-state index contributed by atoms with van der Waals surface area (Å²) in [6.07, 6.45) is 8.27. The van der Waals surface area contributed by atoms with Crippen molar-refractivity contribution < 1.29 is 14.6 Å². The lowest BCUT2D eigenvalue weighted by Crippen LogP contribution is -2.03. The van der Waals surface area contributed by atoms with E-state index in [4.69, 9.17) is 9.84 Å². The lowest BCUT2D eigenvalue weighted by atomic mass is 10.1. The molecule has 0 aliphatic rings. The van der Waals surface area contributed by atoms with Crippen LogP contribution in [-0.2, 0) is 9.53 Å². The normalized spacial score (nSPS) is 10.3. The zero-order valence-electron chi connectivity index (χ0n) is 9.83. The van der Waals surface area contributed by atoms with Crippen LogP contribution in [0, 0.1) is 0 Å². The zero-order valence-corrected chi connectivity index (χ0v) is 9.83. The molecule has 0 atom stereocenters. The van der Waals surface area contributed by atoms with Crippen molar-refractivity contribution in [3.8, 4) is 0 Å².